The third-order valence-corrected chi connectivity index (χ3v) is 3.58. The number of pyridine rings is 1. The lowest BCUT2D eigenvalue weighted by Crippen LogP contribution is -2.11. The van der Waals surface area contributed by atoms with Crippen LogP contribution in [0.1, 0.15) is 37.6 Å². The second-order valence-electron chi connectivity index (χ2n) is 5.95. The number of aromatic nitrogens is 1. The summed E-state index contributed by atoms with van der Waals surface area (Å²) >= 11 is 6.30. The van der Waals surface area contributed by atoms with Gasteiger partial charge in [-0.05, 0) is 41.7 Å². The number of nitrogens with zero attached hydrogens (tertiary/aromatic N) is 1. The fourth-order valence-corrected chi connectivity index (χ4v) is 2.14. The monoisotopic (exact) mass is 289 g/mol. The quantitative estimate of drug-likeness (QED) is 0.800. The van der Waals surface area contributed by atoms with Crippen LogP contribution in [0.25, 0.3) is 0 Å². The van der Waals surface area contributed by atoms with Gasteiger partial charge in [0.15, 0.2) is 0 Å². The third-order valence-electron chi connectivity index (χ3n) is 3.28. The maximum absolute atomic E-state index is 6.30. The van der Waals surface area contributed by atoms with Crippen molar-refractivity contribution in [3.05, 3.63) is 58.4 Å². The van der Waals surface area contributed by atoms with E-state index in [1.807, 2.05) is 31.2 Å². The molecule has 2 nitrogen and oxygen atoms in total. The summed E-state index contributed by atoms with van der Waals surface area (Å²) < 4.78 is 5.78. The van der Waals surface area contributed by atoms with Gasteiger partial charge in [0.25, 0.3) is 0 Å². The summed E-state index contributed by atoms with van der Waals surface area (Å²) in [7, 11) is 0. The first-order valence-electron chi connectivity index (χ1n) is 6.71. The first-order chi connectivity index (χ1) is 9.38. The fourth-order valence-electron chi connectivity index (χ4n) is 1.90. The molecule has 0 aliphatic heterocycles. The summed E-state index contributed by atoms with van der Waals surface area (Å²) in [4.78, 5) is 4.31. The van der Waals surface area contributed by atoms with Gasteiger partial charge in [-0.25, -0.2) is 0 Å². The van der Waals surface area contributed by atoms with E-state index >= 15 is 0 Å². The average molecular weight is 290 g/mol. The first kappa shape index (κ1) is 14.9. The lowest BCUT2D eigenvalue weighted by molar-refractivity contribution is 0.300. The molecule has 1 heterocycles. The summed E-state index contributed by atoms with van der Waals surface area (Å²) in [5, 5.41) is 0.644. The van der Waals surface area contributed by atoms with Gasteiger partial charge in [-0.2, -0.15) is 0 Å². The Morgan fingerprint density at radius 2 is 1.95 bits per heavy atom. The van der Waals surface area contributed by atoms with Crippen LogP contribution in [-0.2, 0) is 12.0 Å². The molecule has 0 unspecified atom stereocenters. The summed E-state index contributed by atoms with van der Waals surface area (Å²) in [6, 6.07) is 9.91. The summed E-state index contributed by atoms with van der Waals surface area (Å²) in [5.41, 5.74) is 3.34. The SMILES string of the molecule is Cc1cccnc1COc1ccc(C(C)(C)C)cc1Cl. The van der Waals surface area contributed by atoms with Crippen LogP contribution in [-0.4, -0.2) is 4.98 Å². The molecule has 0 N–H and O–H groups in total. The molecular formula is C17H20ClNO. The van der Waals surface area contributed by atoms with Crippen LogP contribution < -0.4 is 4.74 Å². The van der Waals surface area contributed by atoms with Crippen molar-refractivity contribution in [3.8, 4) is 5.75 Å². The zero-order valence-corrected chi connectivity index (χ0v) is 13.2. The highest BCUT2D eigenvalue weighted by atomic mass is 35.5. The summed E-state index contributed by atoms with van der Waals surface area (Å²) in [6.07, 6.45) is 1.77. The van der Waals surface area contributed by atoms with Gasteiger partial charge in [0.1, 0.15) is 12.4 Å². The zero-order chi connectivity index (χ0) is 14.8. The van der Waals surface area contributed by atoms with E-state index in [-0.39, 0.29) is 5.41 Å². The van der Waals surface area contributed by atoms with Gasteiger partial charge in [-0.3, -0.25) is 4.98 Å². The largest absolute Gasteiger partial charge is 0.486 e. The molecule has 106 valence electrons. The minimum atomic E-state index is 0.0831. The van der Waals surface area contributed by atoms with Gasteiger partial charge < -0.3 is 4.74 Å². The van der Waals surface area contributed by atoms with E-state index in [4.69, 9.17) is 16.3 Å². The summed E-state index contributed by atoms with van der Waals surface area (Å²) in [5.74, 6) is 0.699. The second-order valence-corrected chi connectivity index (χ2v) is 6.36. The standard InChI is InChI=1S/C17H20ClNO/c1-12-6-5-9-19-15(12)11-20-16-8-7-13(10-14(16)18)17(2,3)4/h5-10H,11H2,1-4H3. The van der Waals surface area contributed by atoms with E-state index in [1.165, 1.54) is 5.56 Å². The van der Waals surface area contributed by atoms with Crippen LogP contribution in [0.4, 0.5) is 0 Å². The minimum Gasteiger partial charge on any atom is -0.486 e. The Hall–Kier alpha value is -1.54. The molecule has 0 radical (unpaired) electrons. The maximum Gasteiger partial charge on any atom is 0.138 e. The molecule has 1 aromatic carbocycles. The molecule has 0 bridgehead atoms. The van der Waals surface area contributed by atoms with Gasteiger partial charge in [0.2, 0.25) is 0 Å². The molecule has 2 aromatic rings. The Morgan fingerprint density at radius 3 is 2.55 bits per heavy atom. The van der Waals surface area contributed by atoms with Crippen molar-refractivity contribution in [2.75, 3.05) is 0 Å². The number of hydrogen-bond acceptors (Lipinski definition) is 2. The number of hydrogen-bond donors (Lipinski definition) is 0. The predicted molar refractivity (Wildman–Crippen MR) is 83.5 cm³/mol. The highest BCUT2D eigenvalue weighted by Crippen LogP contribution is 2.31. The topological polar surface area (TPSA) is 22.1 Å². The van der Waals surface area contributed by atoms with E-state index < -0.39 is 0 Å². The highest BCUT2D eigenvalue weighted by Gasteiger charge is 2.15. The van der Waals surface area contributed by atoms with E-state index in [2.05, 4.69) is 31.8 Å². The third kappa shape index (κ3) is 3.51. The summed E-state index contributed by atoms with van der Waals surface area (Å²) in [6.45, 7) is 8.95. The van der Waals surface area contributed by atoms with Gasteiger partial charge in [0, 0.05) is 6.20 Å². The number of halogens is 1. The number of benzene rings is 1. The van der Waals surface area contributed by atoms with Crippen molar-refractivity contribution >= 4 is 11.6 Å². The van der Waals surface area contributed by atoms with Crippen LogP contribution in [0.5, 0.6) is 5.75 Å². The Kier molecular flexibility index (Phi) is 4.34. The predicted octanol–water partition coefficient (Wildman–Crippen LogP) is 4.92. The van der Waals surface area contributed by atoms with E-state index in [1.54, 1.807) is 6.20 Å². The molecule has 0 fully saturated rings. The second kappa shape index (κ2) is 5.84. The van der Waals surface area contributed by atoms with Crippen molar-refractivity contribution in [1.82, 2.24) is 4.98 Å². The Labute approximate surface area is 125 Å². The smallest absolute Gasteiger partial charge is 0.138 e. The van der Waals surface area contributed by atoms with Gasteiger partial charge >= 0.3 is 0 Å². The molecule has 2 rings (SSSR count). The van der Waals surface area contributed by atoms with Crippen molar-refractivity contribution in [2.45, 2.75) is 39.7 Å². The average Bonchev–Trinajstić information content (AvgIpc) is 2.38. The van der Waals surface area contributed by atoms with Crippen LogP contribution in [0.2, 0.25) is 5.02 Å². The molecule has 0 aliphatic carbocycles. The molecule has 0 spiro atoms. The lowest BCUT2D eigenvalue weighted by Gasteiger charge is -2.20. The molecular weight excluding hydrogens is 270 g/mol. The maximum atomic E-state index is 6.30. The fraction of sp³-hybridized carbons (Fsp3) is 0.353. The number of ether oxygens (including phenoxy) is 1. The van der Waals surface area contributed by atoms with Crippen molar-refractivity contribution in [2.24, 2.45) is 0 Å². The molecule has 0 saturated heterocycles. The van der Waals surface area contributed by atoms with Crippen LogP contribution in [0.15, 0.2) is 36.5 Å². The lowest BCUT2D eigenvalue weighted by atomic mass is 9.87. The van der Waals surface area contributed by atoms with Gasteiger partial charge in [0.05, 0.1) is 10.7 Å². The Morgan fingerprint density at radius 1 is 1.20 bits per heavy atom. The highest BCUT2D eigenvalue weighted by molar-refractivity contribution is 6.32. The zero-order valence-electron chi connectivity index (χ0n) is 12.4. The Balaban J connectivity index is 2.13. The normalized spacial score (nSPS) is 11.4. The van der Waals surface area contributed by atoms with Crippen LogP contribution in [0, 0.1) is 6.92 Å². The van der Waals surface area contributed by atoms with E-state index in [9.17, 15) is 0 Å². The van der Waals surface area contributed by atoms with Crippen molar-refractivity contribution in [1.29, 1.82) is 0 Å². The van der Waals surface area contributed by atoms with Crippen LogP contribution in [0.3, 0.4) is 0 Å². The number of rotatable bonds is 3. The molecule has 0 atom stereocenters. The van der Waals surface area contributed by atoms with E-state index in [0.717, 1.165) is 11.3 Å². The van der Waals surface area contributed by atoms with Gasteiger partial charge in [-0.15, -0.1) is 0 Å². The minimum absolute atomic E-state index is 0.0831. The van der Waals surface area contributed by atoms with Gasteiger partial charge in [-0.1, -0.05) is 44.5 Å². The molecule has 0 amide bonds. The van der Waals surface area contributed by atoms with Crippen molar-refractivity contribution in [3.63, 3.8) is 0 Å². The van der Waals surface area contributed by atoms with Crippen LogP contribution >= 0.6 is 11.6 Å². The molecule has 20 heavy (non-hydrogen) atoms. The molecule has 0 saturated carbocycles. The van der Waals surface area contributed by atoms with Crippen molar-refractivity contribution < 1.29 is 4.74 Å². The molecule has 0 aliphatic rings. The molecule has 3 heteroatoms. The first-order valence-corrected chi connectivity index (χ1v) is 7.09. The molecule has 1 aromatic heterocycles. The number of aryl methyl sites for hydroxylation is 1. The van der Waals surface area contributed by atoms with E-state index in [0.29, 0.717) is 17.4 Å². The Bertz CT molecular complexity index is 602.